The third-order valence-corrected chi connectivity index (χ3v) is 3.21. The van der Waals surface area contributed by atoms with Crippen molar-refractivity contribution in [2.75, 3.05) is 24.8 Å². The summed E-state index contributed by atoms with van der Waals surface area (Å²) in [7, 11) is 2.81. The van der Waals surface area contributed by atoms with Crippen molar-refractivity contribution in [3.8, 4) is 0 Å². The molecule has 0 aliphatic rings. The number of carbonyl (C=O) groups is 3. The summed E-state index contributed by atoms with van der Waals surface area (Å²) in [5.41, 5.74) is 1.59. The lowest BCUT2D eigenvalue weighted by molar-refractivity contribution is 0.0601. The van der Waals surface area contributed by atoms with Crippen molar-refractivity contribution < 1.29 is 19.1 Å². The van der Waals surface area contributed by atoms with Gasteiger partial charge in [-0.2, -0.15) is 0 Å². The zero-order chi connectivity index (χ0) is 17.5. The second-order valence-corrected chi connectivity index (χ2v) is 4.77. The first-order valence-electron chi connectivity index (χ1n) is 7.12. The van der Waals surface area contributed by atoms with Crippen molar-refractivity contribution in [3.63, 3.8) is 0 Å². The third-order valence-electron chi connectivity index (χ3n) is 3.21. The lowest BCUT2D eigenvalue weighted by Gasteiger charge is -2.11. The first-order valence-corrected chi connectivity index (χ1v) is 7.12. The van der Waals surface area contributed by atoms with Gasteiger partial charge < -0.3 is 20.7 Å². The molecule has 0 aliphatic heterocycles. The Morgan fingerprint density at radius 1 is 0.917 bits per heavy atom. The van der Waals surface area contributed by atoms with Gasteiger partial charge in [0.2, 0.25) is 0 Å². The van der Waals surface area contributed by atoms with Crippen LogP contribution in [0, 0.1) is 0 Å². The molecule has 0 atom stereocenters. The number of benzene rings is 2. The number of urea groups is 1. The second-order valence-electron chi connectivity index (χ2n) is 4.77. The summed E-state index contributed by atoms with van der Waals surface area (Å²) in [6.07, 6.45) is 0. The largest absolute Gasteiger partial charge is 0.465 e. The molecule has 0 aliphatic carbocycles. The van der Waals surface area contributed by atoms with E-state index in [1.54, 1.807) is 55.6 Å². The lowest BCUT2D eigenvalue weighted by atomic mass is 10.2. The Morgan fingerprint density at radius 3 is 2.21 bits per heavy atom. The van der Waals surface area contributed by atoms with E-state index in [1.807, 2.05) is 0 Å². The topological polar surface area (TPSA) is 96.5 Å². The van der Waals surface area contributed by atoms with Crippen molar-refractivity contribution in [2.45, 2.75) is 0 Å². The second kappa shape index (κ2) is 7.77. The third kappa shape index (κ3) is 4.10. The van der Waals surface area contributed by atoms with E-state index >= 15 is 0 Å². The Labute approximate surface area is 139 Å². The molecule has 0 saturated carbocycles. The Balaban J connectivity index is 2.06. The van der Waals surface area contributed by atoms with E-state index in [2.05, 4.69) is 20.7 Å². The molecule has 2 aromatic carbocycles. The number of para-hydroxylation sites is 1. The van der Waals surface area contributed by atoms with E-state index in [0.29, 0.717) is 16.9 Å². The minimum Gasteiger partial charge on any atom is -0.465 e. The standard InChI is InChI=1S/C17H17N3O4/c1-18-15(21)11-7-9-12(10-8-11)19-17(23)20-14-6-4-3-5-13(14)16(22)24-2/h3-10H,1-2H3,(H,18,21)(H2,19,20,23). The minimum absolute atomic E-state index is 0.210. The number of hydrogen-bond donors (Lipinski definition) is 3. The molecule has 0 heterocycles. The van der Waals surface area contributed by atoms with Crippen LogP contribution in [0.15, 0.2) is 48.5 Å². The summed E-state index contributed by atoms with van der Waals surface area (Å²) in [5.74, 6) is -0.751. The van der Waals surface area contributed by atoms with Crippen molar-refractivity contribution >= 4 is 29.3 Å². The highest BCUT2D eigenvalue weighted by atomic mass is 16.5. The molecule has 0 fully saturated rings. The number of amides is 3. The van der Waals surface area contributed by atoms with E-state index in [4.69, 9.17) is 0 Å². The Morgan fingerprint density at radius 2 is 1.58 bits per heavy atom. The van der Waals surface area contributed by atoms with Gasteiger partial charge in [0, 0.05) is 18.3 Å². The average Bonchev–Trinajstić information content (AvgIpc) is 2.61. The number of rotatable bonds is 4. The molecule has 0 saturated heterocycles. The van der Waals surface area contributed by atoms with Gasteiger partial charge in [-0.3, -0.25) is 4.79 Å². The summed E-state index contributed by atoms with van der Waals surface area (Å²) in [6, 6.07) is 12.4. The molecule has 7 heteroatoms. The highest BCUT2D eigenvalue weighted by Crippen LogP contribution is 2.17. The maximum atomic E-state index is 12.1. The Kier molecular flexibility index (Phi) is 5.51. The van der Waals surface area contributed by atoms with Gasteiger partial charge in [0.15, 0.2) is 0 Å². The van der Waals surface area contributed by atoms with E-state index < -0.39 is 12.0 Å². The molecule has 124 valence electrons. The summed E-state index contributed by atoms with van der Waals surface area (Å²) in [4.78, 5) is 35.2. The van der Waals surface area contributed by atoms with Crippen molar-refractivity contribution in [1.29, 1.82) is 0 Å². The van der Waals surface area contributed by atoms with Crippen LogP contribution in [0.25, 0.3) is 0 Å². The molecule has 0 bridgehead atoms. The summed E-state index contributed by atoms with van der Waals surface area (Å²) in [5, 5.41) is 7.73. The smallest absolute Gasteiger partial charge is 0.339 e. The number of anilines is 2. The summed E-state index contributed by atoms with van der Waals surface area (Å²) < 4.78 is 4.67. The molecule has 0 aromatic heterocycles. The van der Waals surface area contributed by atoms with Crippen LogP contribution >= 0.6 is 0 Å². The molecule has 3 N–H and O–H groups in total. The van der Waals surface area contributed by atoms with Crippen molar-refractivity contribution in [1.82, 2.24) is 5.32 Å². The van der Waals surface area contributed by atoms with Crippen LogP contribution in [0.3, 0.4) is 0 Å². The van der Waals surface area contributed by atoms with Gasteiger partial charge in [-0.25, -0.2) is 9.59 Å². The first-order chi connectivity index (χ1) is 11.5. The number of ether oxygens (including phenoxy) is 1. The minimum atomic E-state index is -0.541. The highest BCUT2D eigenvalue weighted by molar-refractivity contribution is 6.05. The van der Waals surface area contributed by atoms with Gasteiger partial charge in [-0.05, 0) is 36.4 Å². The van der Waals surface area contributed by atoms with Crippen LogP contribution in [-0.2, 0) is 4.74 Å². The van der Waals surface area contributed by atoms with Gasteiger partial charge in [0.05, 0.1) is 18.4 Å². The summed E-state index contributed by atoms with van der Waals surface area (Å²) >= 11 is 0. The molecule has 3 amide bonds. The van der Waals surface area contributed by atoms with Crippen LogP contribution in [-0.4, -0.2) is 32.1 Å². The van der Waals surface area contributed by atoms with Crippen LogP contribution in [0.4, 0.5) is 16.2 Å². The number of nitrogens with one attached hydrogen (secondary N) is 3. The van der Waals surface area contributed by atoms with Crippen LogP contribution in [0.1, 0.15) is 20.7 Å². The van der Waals surface area contributed by atoms with Gasteiger partial charge in [-0.1, -0.05) is 12.1 Å². The molecule has 7 nitrogen and oxygen atoms in total. The molecule has 0 spiro atoms. The van der Waals surface area contributed by atoms with Crippen LogP contribution in [0.2, 0.25) is 0 Å². The number of methoxy groups -OCH3 is 1. The van der Waals surface area contributed by atoms with Crippen molar-refractivity contribution in [2.24, 2.45) is 0 Å². The SMILES string of the molecule is CNC(=O)c1ccc(NC(=O)Nc2ccccc2C(=O)OC)cc1. The van der Waals surface area contributed by atoms with Gasteiger partial charge in [0.25, 0.3) is 5.91 Å². The van der Waals surface area contributed by atoms with E-state index in [-0.39, 0.29) is 11.5 Å². The van der Waals surface area contributed by atoms with E-state index in [0.717, 1.165) is 0 Å². The predicted octanol–water partition coefficient (Wildman–Crippen LogP) is 2.48. The quantitative estimate of drug-likeness (QED) is 0.752. The molecular weight excluding hydrogens is 310 g/mol. The maximum absolute atomic E-state index is 12.1. The van der Waals surface area contributed by atoms with Gasteiger partial charge in [-0.15, -0.1) is 0 Å². The van der Waals surface area contributed by atoms with Gasteiger partial charge >= 0.3 is 12.0 Å². The fourth-order valence-electron chi connectivity index (χ4n) is 2.01. The van der Waals surface area contributed by atoms with Gasteiger partial charge in [0.1, 0.15) is 0 Å². The number of hydrogen-bond acceptors (Lipinski definition) is 4. The zero-order valence-corrected chi connectivity index (χ0v) is 13.3. The highest BCUT2D eigenvalue weighted by Gasteiger charge is 2.13. The van der Waals surface area contributed by atoms with Crippen LogP contribution in [0.5, 0.6) is 0 Å². The molecule has 2 aromatic rings. The van der Waals surface area contributed by atoms with Crippen LogP contribution < -0.4 is 16.0 Å². The zero-order valence-electron chi connectivity index (χ0n) is 13.3. The fraction of sp³-hybridized carbons (Fsp3) is 0.118. The Bertz CT molecular complexity index is 757. The number of carbonyl (C=O) groups excluding carboxylic acids is 3. The fourth-order valence-corrected chi connectivity index (χ4v) is 2.01. The monoisotopic (exact) mass is 327 g/mol. The maximum Gasteiger partial charge on any atom is 0.339 e. The Hall–Kier alpha value is -3.35. The molecule has 0 radical (unpaired) electrons. The van der Waals surface area contributed by atoms with E-state index in [9.17, 15) is 14.4 Å². The lowest BCUT2D eigenvalue weighted by Crippen LogP contribution is -2.21. The predicted molar refractivity (Wildman–Crippen MR) is 90.3 cm³/mol. The van der Waals surface area contributed by atoms with Crippen molar-refractivity contribution in [3.05, 3.63) is 59.7 Å². The summed E-state index contributed by atoms with van der Waals surface area (Å²) in [6.45, 7) is 0. The first kappa shape index (κ1) is 17.0. The molecule has 2 rings (SSSR count). The average molecular weight is 327 g/mol. The molecule has 0 unspecified atom stereocenters. The molecule has 24 heavy (non-hydrogen) atoms. The van der Waals surface area contributed by atoms with E-state index in [1.165, 1.54) is 7.11 Å². The normalized spacial score (nSPS) is 9.75. The number of esters is 1. The molecular formula is C17H17N3O4.